The molecule has 1 fully saturated rings. The number of carbonyl (C=O) groups excluding carboxylic acids is 2. The number of allylic oxidation sites excluding steroid dienone is 1. The maximum Gasteiger partial charge on any atom is 0.285 e. The molecule has 3 aromatic rings. The molecule has 2 bridgehead atoms. The topological polar surface area (TPSA) is 103 Å². The van der Waals surface area contributed by atoms with Gasteiger partial charge in [0.2, 0.25) is 0 Å². The normalized spacial score (nSPS) is 28.7. The number of benzene rings is 2. The van der Waals surface area contributed by atoms with Crippen molar-refractivity contribution in [3.8, 4) is 5.75 Å². The Morgan fingerprint density at radius 2 is 2.02 bits per heavy atom. The van der Waals surface area contributed by atoms with Crippen LogP contribution in [-0.2, 0) is 44.6 Å². The van der Waals surface area contributed by atoms with E-state index in [0.29, 0.717) is 43.3 Å². The van der Waals surface area contributed by atoms with Crippen LogP contribution in [0.4, 0.5) is 5.69 Å². The number of anilines is 1. The van der Waals surface area contributed by atoms with Crippen LogP contribution < -0.4 is 9.64 Å². The highest BCUT2D eigenvalue weighted by molar-refractivity contribution is 7.94. The number of amides is 1. The Hall–Kier alpha value is -3.76. The molecule has 5 atom stereocenters. The predicted octanol–water partition coefficient (Wildman–Crippen LogP) is 6.40. The first-order valence-electron chi connectivity index (χ1n) is 18.2. The number of aryl methyl sites for hydroxylation is 4. The second kappa shape index (κ2) is 14.5. The Kier molecular flexibility index (Phi) is 10.0. The van der Waals surface area contributed by atoms with E-state index in [9.17, 15) is 13.8 Å². The third-order valence-corrected chi connectivity index (χ3v) is 13.7. The second-order valence-corrected chi connectivity index (χ2v) is 17.3. The molecular formula is C40H50N4O5S. The van der Waals surface area contributed by atoms with E-state index in [2.05, 4.69) is 51.6 Å². The van der Waals surface area contributed by atoms with E-state index in [4.69, 9.17) is 9.47 Å². The van der Waals surface area contributed by atoms with Gasteiger partial charge in [0.05, 0.1) is 33.9 Å². The highest BCUT2D eigenvalue weighted by Gasteiger charge is 2.44. The van der Waals surface area contributed by atoms with Gasteiger partial charge in [0.1, 0.15) is 11.5 Å². The van der Waals surface area contributed by atoms with Crippen LogP contribution in [0, 0.1) is 18.8 Å². The molecule has 7 rings (SSSR count). The fourth-order valence-corrected chi connectivity index (χ4v) is 10.6. The summed E-state index contributed by atoms with van der Waals surface area (Å²) in [6.45, 7) is 4.33. The number of hydrogen-bond acceptors (Lipinski definition) is 7. The number of fused-ring (bicyclic) bond motifs is 4. The van der Waals surface area contributed by atoms with Gasteiger partial charge in [-0.25, -0.2) is 4.21 Å². The van der Waals surface area contributed by atoms with Crippen molar-refractivity contribution in [2.75, 3.05) is 43.2 Å². The number of ketones is 1. The van der Waals surface area contributed by atoms with Crippen LogP contribution >= 0.6 is 0 Å². The van der Waals surface area contributed by atoms with Crippen molar-refractivity contribution in [3.05, 3.63) is 88.8 Å². The van der Waals surface area contributed by atoms with Gasteiger partial charge in [-0.15, -0.1) is 0 Å². The lowest BCUT2D eigenvalue weighted by atomic mass is 9.68. The molecule has 1 saturated carbocycles. The third-order valence-electron chi connectivity index (χ3n) is 11.5. The Morgan fingerprint density at radius 3 is 2.80 bits per heavy atom. The molecule has 9 nitrogen and oxygen atoms in total. The minimum Gasteiger partial charge on any atom is -0.490 e. The van der Waals surface area contributed by atoms with Crippen LogP contribution in [0.3, 0.4) is 0 Å². The minimum atomic E-state index is -3.15. The molecule has 1 spiro atoms. The summed E-state index contributed by atoms with van der Waals surface area (Å²) in [5.41, 5.74) is 6.05. The number of carbonyl (C=O) groups is 2. The number of hydrogen-bond donors (Lipinski definition) is 0. The van der Waals surface area contributed by atoms with E-state index < -0.39 is 15.6 Å². The smallest absolute Gasteiger partial charge is 0.285 e. The third kappa shape index (κ3) is 7.19. The minimum absolute atomic E-state index is 0.00719. The zero-order chi connectivity index (χ0) is 34.9. The fraction of sp³-hybridized carbons (Fsp3) is 0.525. The zero-order valence-electron chi connectivity index (χ0n) is 29.6. The van der Waals surface area contributed by atoms with Gasteiger partial charge in [0, 0.05) is 62.3 Å². The highest BCUT2D eigenvalue weighted by atomic mass is 32.2. The summed E-state index contributed by atoms with van der Waals surface area (Å²) >= 11 is 0. The van der Waals surface area contributed by atoms with Crippen LogP contribution in [-0.4, -0.2) is 70.1 Å². The van der Waals surface area contributed by atoms with Crippen LogP contribution in [0.2, 0.25) is 0 Å². The first kappa shape index (κ1) is 34.7. The van der Waals surface area contributed by atoms with E-state index in [1.165, 1.54) is 16.7 Å². The lowest BCUT2D eigenvalue weighted by molar-refractivity contribution is -0.116. The lowest BCUT2D eigenvalue weighted by Gasteiger charge is -2.46. The van der Waals surface area contributed by atoms with Gasteiger partial charge < -0.3 is 14.4 Å². The average molecular weight is 699 g/mol. The largest absolute Gasteiger partial charge is 0.490 e. The summed E-state index contributed by atoms with van der Waals surface area (Å²) in [6, 6.07) is 14.2. The number of ether oxygens (including phenoxy) is 2. The monoisotopic (exact) mass is 698 g/mol. The van der Waals surface area contributed by atoms with E-state index >= 15 is 0 Å². The average Bonchev–Trinajstić information content (AvgIpc) is 3.43. The fourth-order valence-electron chi connectivity index (χ4n) is 8.59. The molecule has 3 heterocycles. The highest BCUT2D eigenvalue weighted by Crippen LogP contribution is 2.47. The quantitative estimate of drug-likeness (QED) is 0.275. The van der Waals surface area contributed by atoms with Gasteiger partial charge in [-0.2, -0.15) is 9.46 Å². The van der Waals surface area contributed by atoms with Gasteiger partial charge in [-0.3, -0.25) is 14.3 Å². The Morgan fingerprint density at radius 1 is 1.14 bits per heavy atom. The Balaban J connectivity index is 1.24. The molecule has 1 amide bonds. The molecule has 2 aliphatic heterocycles. The molecule has 10 heteroatoms. The standard InChI is InChI=1S/C40H50N4O5S/c1-28-10-16-35-29(22-28)8-7-19-40(35)26-44-24-31-11-15-34(31)37(48-3)9-5-4-6-21-50(47,25-33(45)14-13-32-18-20-41-43(32)2)42-39(46)30-12-17-38(49-27-40)36(44)23-30/h5,9-10,12,16-18,20,22-23,31,34,37H,4,6-8,11,13-15,19,21,24-27H2,1-3H3/b9-5+/t31-,34+,37-,40-,50+/m0/s1. The van der Waals surface area contributed by atoms with Gasteiger partial charge >= 0.3 is 0 Å². The Bertz CT molecular complexity index is 1910. The van der Waals surface area contributed by atoms with Crippen LogP contribution in [0.1, 0.15) is 77.7 Å². The van der Waals surface area contributed by atoms with Crippen molar-refractivity contribution >= 4 is 27.1 Å². The number of methoxy groups -OCH3 is 1. The summed E-state index contributed by atoms with van der Waals surface area (Å²) in [7, 11) is 0.473. The van der Waals surface area contributed by atoms with Crippen molar-refractivity contribution < 1.29 is 23.3 Å². The summed E-state index contributed by atoms with van der Waals surface area (Å²) in [6.07, 6.45) is 13.3. The van der Waals surface area contributed by atoms with Crippen molar-refractivity contribution in [2.24, 2.45) is 23.2 Å². The lowest BCUT2D eigenvalue weighted by Crippen LogP contribution is -2.49. The van der Waals surface area contributed by atoms with Crippen molar-refractivity contribution in [3.63, 3.8) is 0 Å². The molecular weight excluding hydrogens is 649 g/mol. The summed E-state index contributed by atoms with van der Waals surface area (Å²) in [5.74, 6) is 0.792. The maximum atomic E-state index is 14.4. The molecule has 0 saturated heterocycles. The Labute approximate surface area is 296 Å². The number of Topliss-reactive ketones (excluding diaryl/α,β-unsaturated/α-hetero) is 1. The summed E-state index contributed by atoms with van der Waals surface area (Å²) in [4.78, 5) is 29.6. The molecule has 2 aliphatic carbocycles. The molecule has 266 valence electrons. The van der Waals surface area contributed by atoms with E-state index in [0.717, 1.165) is 62.3 Å². The van der Waals surface area contributed by atoms with Crippen LogP contribution in [0.25, 0.3) is 0 Å². The maximum absolute atomic E-state index is 14.4. The molecule has 2 aromatic carbocycles. The molecule has 0 radical (unpaired) electrons. The van der Waals surface area contributed by atoms with Gasteiger partial charge in [0.25, 0.3) is 5.91 Å². The van der Waals surface area contributed by atoms with Crippen LogP contribution in [0.15, 0.2) is 65.2 Å². The van der Waals surface area contributed by atoms with Crippen molar-refractivity contribution in [1.82, 2.24) is 9.78 Å². The van der Waals surface area contributed by atoms with E-state index in [1.807, 2.05) is 25.2 Å². The molecule has 50 heavy (non-hydrogen) atoms. The van der Waals surface area contributed by atoms with Gasteiger partial charge in [-0.05, 0) is 106 Å². The summed E-state index contributed by atoms with van der Waals surface area (Å²) < 4.78 is 33.2. The molecule has 0 N–H and O–H groups in total. The van der Waals surface area contributed by atoms with Crippen molar-refractivity contribution in [1.29, 1.82) is 0 Å². The molecule has 4 aliphatic rings. The van der Waals surface area contributed by atoms with Gasteiger partial charge in [-0.1, -0.05) is 35.9 Å². The van der Waals surface area contributed by atoms with Gasteiger partial charge in [0.15, 0.2) is 0 Å². The SMILES string of the molecule is CO[C@H]1/C=C/CCC[S@@](=O)(CC(=O)CCc2ccnn2C)=NC(=O)c2ccc3c(c2)N(C[C@@H]2CC[C@H]21)C[C@@]1(CCCc2cc(C)ccc21)CO3. The number of nitrogens with zero attached hydrogens (tertiary/aromatic N) is 4. The van der Waals surface area contributed by atoms with Crippen molar-refractivity contribution in [2.45, 2.75) is 76.2 Å². The number of rotatable bonds is 6. The predicted molar refractivity (Wildman–Crippen MR) is 197 cm³/mol. The second-order valence-electron chi connectivity index (χ2n) is 14.9. The first-order valence-corrected chi connectivity index (χ1v) is 20.1. The van der Waals surface area contributed by atoms with E-state index in [1.54, 1.807) is 24.1 Å². The van der Waals surface area contributed by atoms with E-state index in [-0.39, 0.29) is 35.2 Å². The number of aromatic nitrogens is 2. The van der Waals surface area contributed by atoms with Crippen LogP contribution in [0.5, 0.6) is 5.75 Å². The zero-order valence-corrected chi connectivity index (χ0v) is 30.5. The molecule has 1 aromatic heterocycles. The summed E-state index contributed by atoms with van der Waals surface area (Å²) in [5, 5.41) is 4.18. The first-order chi connectivity index (χ1) is 24.1. The molecule has 0 unspecified atom stereocenters.